The van der Waals surface area contributed by atoms with Crippen LogP contribution >= 0.6 is 11.3 Å². The number of likely N-dealkylation sites (N-methyl/N-ethyl adjacent to an activating group) is 1. The fourth-order valence-corrected chi connectivity index (χ4v) is 4.00. The summed E-state index contributed by atoms with van der Waals surface area (Å²) in [4.78, 5) is 29.9. The van der Waals surface area contributed by atoms with E-state index < -0.39 is 40.8 Å². The molecule has 1 heterocycles. The molecule has 2 amide bonds. The van der Waals surface area contributed by atoms with Crippen molar-refractivity contribution in [3.05, 3.63) is 57.5 Å². The van der Waals surface area contributed by atoms with Gasteiger partial charge in [-0.1, -0.05) is 11.6 Å². The van der Waals surface area contributed by atoms with Gasteiger partial charge in [-0.15, -0.1) is 11.3 Å². The van der Waals surface area contributed by atoms with Gasteiger partial charge >= 0.3 is 6.18 Å². The van der Waals surface area contributed by atoms with Crippen LogP contribution in [0.5, 0.6) is 0 Å². The number of nitrogens with zero attached hydrogens (tertiary/aromatic N) is 2. The highest BCUT2D eigenvalue weighted by Crippen LogP contribution is 2.38. The molecule has 1 aliphatic carbocycles. The van der Waals surface area contributed by atoms with Crippen LogP contribution in [0, 0.1) is 17.0 Å². The first kappa shape index (κ1) is 24.2. The molecule has 3 rings (SSSR count). The van der Waals surface area contributed by atoms with Crippen LogP contribution in [-0.4, -0.2) is 35.1 Å². The third-order valence-electron chi connectivity index (χ3n) is 4.88. The normalized spacial score (nSPS) is 13.7. The molecule has 33 heavy (non-hydrogen) atoms. The second-order valence-corrected chi connectivity index (χ2v) is 8.04. The Bertz CT molecular complexity index is 1200. The van der Waals surface area contributed by atoms with Crippen LogP contribution in [0.1, 0.15) is 25.3 Å². The number of anilines is 1. The van der Waals surface area contributed by atoms with Crippen molar-refractivity contribution in [2.75, 3.05) is 12.4 Å². The zero-order chi connectivity index (χ0) is 24.5. The Labute approximate surface area is 188 Å². The lowest BCUT2D eigenvalue weighted by Gasteiger charge is -2.15. The number of benzene rings is 1. The lowest BCUT2D eigenvalue weighted by molar-refractivity contribution is -0.142. The molecule has 0 aliphatic heterocycles. The van der Waals surface area contributed by atoms with E-state index in [1.807, 2.05) is 0 Å². The predicted molar refractivity (Wildman–Crippen MR) is 113 cm³/mol. The monoisotopic (exact) mass is 484 g/mol. The first-order valence-electron chi connectivity index (χ1n) is 9.41. The van der Waals surface area contributed by atoms with Crippen LogP contribution in [-0.2, 0) is 15.8 Å². The highest BCUT2D eigenvalue weighted by molar-refractivity contribution is 7.14. The van der Waals surface area contributed by atoms with E-state index in [0.717, 1.165) is 34.2 Å². The van der Waals surface area contributed by atoms with Gasteiger partial charge < -0.3 is 10.2 Å². The first-order chi connectivity index (χ1) is 15.4. The Kier molecular flexibility index (Phi) is 6.77. The number of amides is 2. The van der Waals surface area contributed by atoms with Crippen LogP contribution in [0.3, 0.4) is 0 Å². The second kappa shape index (κ2) is 9.22. The molecule has 0 fully saturated rings. The van der Waals surface area contributed by atoms with Gasteiger partial charge in [0.1, 0.15) is 17.2 Å². The first-order valence-corrected chi connectivity index (χ1v) is 10.3. The van der Waals surface area contributed by atoms with Gasteiger partial charge in [-0.3, -0.25) is 15.0 Å². The number of hydrogen-bond donors (Lipinski definition) is 2. The summed E-state index contributed by atoms with van der Waals surface area (Å²) >= 11 is 0.852. The quantitative estimate of drug-likeness (QED) is 0.338. The van der Waals surface area contributed by atoms with E-state index in [9.17, 15) is 31.5 Å². The van der Waals surface area contributed by atoms with Gasteiger partial charge in [-0.05, 0) is 31.1 Å². The minimum Gasteiger partial charge on any atom is -0.302 e. The molecule has 174 valence electrons. The zero-order valence-electron chi connectivity index (χ0n) is 17.3. The van der Waals surface area contributed by atoms with E-state index in [2.05, 4.69) is 10.3 Å². The van der Waals surface area contributed by atoms with Gasteiger partial charge in [0.15, 0.2) is 5.13 Å². The average Bonchev–Trinajstić information content (AvgIpc) is 3.32. The Balaban J connectivity index is 1.77. The maximum atomic E-state index is 14.4. The van der Waals surface area contributed by atoms with E-state index >= 15 is 0 Å². The largest absolute Gasteiger partial charge is 0.422 e. The van der Waals surface area contributed by atoms with Crippen molar-refractivity contribution >= 4 is 34.6 Å². The number of aromatic nitrogens is 1. The maximum Gasteiger partial charge on any atom is 0.422 e. The van der Waals surface area contributed by atoms with Gasteiger partial charge in [0.2, 0.25) is 5.91 Å². The molecular weight excluding hydrogens is 467 g/mol. The Hall–Kier alpha value is -3.41. The van der Waals surface area contributed by atoms with Crippen LogP contribution in [0.25, 0.3) is 11.3 Å². The molecule has 0 saturated heterocycles. The molecule has 0 bridgehead atoms. The molecule has 0 saturated carbocycles. The fraction of sp³-hybridized carbons (Fsp3) is 0.238. The molecule has 0 atom stereocenters. The minimum absolute atomic E-state index is 0.00364. The predicted octanol–water partition coefficient (Wildman–Crippen LogP) is 5.15. The summed E-state index contributed by atoms with van der Waals surface area (Å²) in [5.74, 6) is -4.50. The molecule has 6 nitrogen and oxygen atoms in total. The highest BCUT2D eigenvalue weighted by Gasteiger charge is 2.39. The van der Waals surface area contributed by atoms with Crippen LogP contribution in [0.4, 0.5) is 27.1 Å². The van der Waals surface area contributed by atoms with Crippen LogP contribution < -0.4 is 5.32 Å². The molecule has 2 N–H and O–H groups in total. The molecule has 1 aromatic carbocycles. The topological polar surface area (TPSA) is 86.2 Å². The standard InChI is InChI=1S/C21H17F5N4O2S/c1-10-3-4-11(16(10)19(32)30(2)9-27)7-15(31)29-20-28-14(8-33-20)12-5-6-13(22)17(18(12)23)21(24,25)26/h4-6,8-9,27H,3,7H2,1-2H3,(H,28,29,31). The fourth-order valence-electron chi connectivity index (χ4n) is 3.27. The van der Waals surface area contributed by atoms with Crippen molar-refractivity contribution in [1.82, 2.24) is 9.88 Å². The molecule has 1 aromatic heterocycles. The molecule has 0 spiro atoms. The number of thiazole rings is 1. The van der Waals surface area contributed by atoms with Crippen molar-refractivity contribution in [2.24, 2.45) is 0 Å². The summed E-state index contributed by atoms with van der Waals surface area (Å²) in [6.07, 6.45) is -2.35. The third-order valence-corrected chi connectivity index (χ3v) is 5.64. The van der Waals surface area contributed by atoms with E-state index in [-0.39, 0.29) is 17.2 Å². The number of carbonyl (C=O) groups excluding carboxylic acids is 2. The second-order valence-electron chi connectivity index (χ2n) is 7.18. The highest BCUT2D eigenvalue weighted by atomic mass is 32.1. The number of alkyl halides is 3. The van der Waals surface area contributed by atoms with Gasteiger partial charge in [0, 0.05) is 23.6 Å². The summed E-state index contributed by atoms with van der Waals surface area (Å²) in [7, 11) is 1.42. The minimum atomic E-state index is -5.22. The van der Waals surface area contributed by atoms with Crippen molar-refractivity contribution < 1.29 is 31.5 Å². The SMILES string of the molecule is CC1=C(C(=O)N(C)C=N)C(CC(=O)Nc2nc(-c3ccc(F)c(C(F)(F)F)c3F)cs2)=CC1. The third kappa shape index (κ3) is 5.00. The van der Waals surface area contributed by atoms with Crippen molar-refractivity contribution in [3.63, 3.8) is 0 Å². The van der Waals surface area contributed by atoms with Crippen molar-refractivity contribution in [2.45, 2.75) is 25.9 Å². The molecule has 0 radical (unpaired) electrons. The number of halogens is 5. The Morgan fingerprint density at radius 2 is 2.00 bits per heavy atom. The Morgan fingerprint density at radius 3 is 2.64 bits per heavy atom. The number of carbonyl (C=O) groups is 2. The number of nitrogens with one attached hydrogen (secondary N) is 2. The molecule has 2 aromatic rings. The summed E-state index contributed by atoms with van der Waals surface area (Å²) in [6, 6.07) is 1.35. The van der Waals surface area contributed by atoms with E-state index in [1.54, 1.807) is 13.0 Å². The van der Waals surface area contributed by atoms with Crippen molar-refractivity contribution in [1.29, 1.82) is 5.41 Å². The molecule has 12 heteroatoms. The maximum absolute atomic E-state index is 14.4. The summed E-state index contributed by atoms with van der Waals surface area (Å²) in [5.41, 5.74) is -1.21. The van der Waals surface area contributed by atoms with Gasteiger partial charge in [0.05, 0.1) is 18.5 Å². The number of hydrogen-bond acceptors (Lipinski definition) is 5. The summed E-state index contributed by atoms with van der Waals surface area (Å²) < 4.78 is 66.8. The molecule has 1 aliphatic rings. The van der Waals surface area contributed by atoms with Crippen LogP contribution in [0.2, 0.25) is 0 Å². The lowest BCUT2D eigenvalue weighted by atomic mass is 10.0. The van der Waals surface area contributed by atoms with Gasteiger partial charge in [0.25, 0.3) is 5.91 Å². The lowest BCUT2D eigenvalue weighted by Crippen LogP contribution is -2.27. The number of allylic oxidation sites excluding steroid dienone is 2. The number of rotatable bonds is 6. The summed E-state index contributed by atoms with van der Waals surface area (Å²) in [5, 5.41) is 10.9. The molecule has 0 unspecified atom stereocenters. The zero-order valence-corrected chi connectivity index (χ0v) is 18.1. The van der Waals surface area contributed by atoms with E-state index in [4.69, 9.17) is 5.41 Å². The molecular formula is C21H17F5N4O2S. The van der Waals surface area contributed by atoms with Crippen LogP contribution in [0.15, 0.2) is 40.3 Å². The summed E-state index contributed by atoms with van der Waals surface area (Å²) in [6.45, 7) is 1.74. The van der Waals surface area contributed by atoms with Crippen molar-refractivity contribution in [3.8, 4) is 11.3 Å². The van der Waals surface area contributed by atoms with Gasteiger partial charge in [-0.2, -0.15) is 13.2 Å². The smallest absolute Gasteiger partial charge is 0.302 e. The van der Waals surface area contributed by atoms with Gasteiger partial charge in [-0.25, -0.2) is 13.8 Å². The Morgan fingerprint density at radius 1 is 1.30 bits per heavy atom. The average molecular weight is 484 g/mol. The van der Waals surface area contributed by atoms with E-state index in [1.165, 1.54) is 12.4 Å². The van der Waals surface area contributed by atoms with E-state index in [0.29, 0.717) is 23.6 Å².